The van der Waals surface area contributed by atoms with Gasteiger partial charge in [0.05, 0.1) is 5.75 Å². The predicted octanol–water partition coefficient (Wildman–Crippen LogP) is 2.46. The summed E-state index contributed by atoms with van der Waals surface area (Å²) in [6, 6.07) is 0.550. The Labute approximate surface area is 111 Å². The van der Waals surface area contributed by atoms with Gasteiger partial charge in [-0.2, -0.15) is 8.42 Å². The minimum atomic E-state index is -3.78. The lowest BCUT2D eigenvalue weighted by Gasteiger charge is -2.39. The Morgan fingerprint density at radius 2 is 1.94 bits per heavy atom. The second kappa shape index (κ2) is 6.35. The second-order valence-electron chi connectivity index (χ2n) is 6.56. The molecule has 0 aromatic rings. The van der Waals surface area contributed by atoms with Gasteiger partial charge in [-0.1, -0.05) is 20.8 Å². The van der Waals surface area contributed by atoms with Gasteiger partial charge < -0.3 is 5.32 Å². The molecule has 0 heterocycles. The van der Waals surface area contributed by atoms with Crippen molar-refractivity contribution in [2.24, 2.45) is 11.3 Å². The van der Waals surface area contributed by atoms with Crippen molar-refractivity contribution in [1.82, 2.24) is 5.32 Å². The average molecular weight is 277 g/mol. The Kier molecular flexibility index (Phi) is 5.62. The van der Waals surface area contributed by atoms with Crippen LogP contribution in [-0.4, -0.2) is 31.3 Å². The van der Waals surface area contributed by atoms with Gasteiger partial charge in [-0.3, -0.25) is 4.55 Å². The van der Waals surface area contributed by atoms with Crippen LogP contribution in [0.4, 0.5) is 0 Å². The fraction of sp³-hybridized carbons (Fsp3) is 1.00. The molecule has 1 aliphatic carbocycles. The molecule has 1 rings (SSSR count). The van der Waals surface area contributed by atoms with E-state index in [2.05, 4.69) is 26.1 Å². The number of unbranched alkanes of at least 4 members (excludes halogenated alkanes) is 1. The highest BCUT2D eigenvalue weighted by atomic mass is 32.2. The molecule has 0 bridgehead atoms. The molecule has 2 N–H and O–H groups in total. The van der Waals surface area contributed by atoms with E-state index in [0.717, 1.165) is 18.9 Å². The van der Waals surface area contributed by atoms with Crippen LogP contribution in [-0.2, 0) is 10.1 Å². The van der Waals surface area contributed by atoms with Crippen molar-refractivity contribution in [2.75, 3.05) is 12.3 Å². The van der Waals surface area contributed by atoms with Crippen molar-refractivity contribution in [3.63, 3.8) is 0 Å². The molecule has 0 aromatic heterocycles. The minimum Gasteiger partial charge on any atom is -0.314 e. The summed E-state index contributed by atoms with van der Waals surface area (Å²) >= 11 is 0. The molecule has 2 unspecified atom stereocenters. The van der Waals surface area contributed by atoms with E-state index in [1.54, 1.807) is 0 Å². The van der Waals surface area contributed by atoms with Gasteiger partial charge in [0.15, 0.2) is 0 Å². The molecule has 0 radical (unpaired) electrons. The molecular formula is C13H27NO3S. The lowest BCUT2D eigenvalue weighted by Crippen LogP contribution is -2.40. The summed E-state index contributed by atoms with van der Waals surface area (Å²) in [7, 11) is -3.78. The van der Waals surface area contributed by atoms with E-state index in [1.807, 2.05) is 0 Å². The normalized spacial score (nSPS) is 28.2. The second-order valence-corrected chi connectivity index (χ2v) is 8.13. The molecule has 0 saturated heterocycles. The average Bonchev–Trinajstić information content (AvgIpc) is 2.11. The first kappa shape index (κ1) is 15.9. The monoisotopic (exact) mass is 277 g/mol. The number of nitrogens with one attached hydrogen (secondary N) is 1. The molecule has 0 amide bonds. The molecule has 0 spiro atoms. The highest BCUT2D eigenvalue weighted by Gasteiger charge is 2.31. The summed E-state index contributed by atoms with van der Waals surface area (Å²) in [5.41, 5.74) is 0.407. The SMILES string of the molecule is CC1CC(NCCCCS(=O)(=O)O)CC(C)(C)C1. The summed E-state index contributed by atoms with van der Waals surface area (Å²) in [6.07, 6.45) is 5.01. The first-order valence-electron chi connectivity index (χ1n) is 6.86. The maximum atomic E-state index is 10.6. The third-order valence-electron chi connectivity index (χ3n) is 3.65. The molecule has 1 aliphatic rings. The van der Waals surface area contributed by atoms with Gasteiger partial charge in [0.25, 0.3) is 10.1 Å². The highest BCUT2D eigenvalue weighted by molar-refractivity contribution is 7.85. The van der Waals surface area contributed by atoms with Crippen LogP contribution < -0.4 is 5.32 Å². The summed E-state index contributed by atoms with van der Waals surface area (Å²) < 4.78 is 29.7. The van der Waals surface area contributed by atoms with E-state index in [1.165, 1.54) is 19.3 Å². The molecule has 2 atom stereocenters. The van der Waals surface area contributed by atoms with Crippen LogP contribution in [0.15, 0.2) is 0 Å². The fourth-order valence-electron chi connectivity index (χ4n) is 3.22. The topological polar surface area (TPSA) is 66.4 Å². The van der Waals surface area contributed by atoms with Gasteiger partial charge in [0, 0.05) is 6.04 Å². The zero-order valence-electron chi connectivity index (χ0n) is 11.8. The lowest BCUT2D eigenvalue weighted by atomic mass is 9.70. The predicted molar refractivity (Wildman–Crippen MR) is 74.2 cm³/mol. The Morgan fingerprint density at radius 3 is 2.50 bits per heavy atom. The van der Waals surface area contributed by atoms with E-state index in [0.29, 0.717) is 17.9 Å². The number of hydrogen-bond acceptors (Lipinski definition) is 3. The fourth-order valence-corrected chi connectivity index (χ4v) is 3.79. The summed E-state index contributed by atoms with van der Waals surface area (Å²) in [4.78, 5) is 0. The maximum absolute atomic E-state index is 10.6. The first-order valence-corrected chi connectivity index (χ1v) is 8.47. The van der Waals surface area contributed by atoms with Crippen LogP contribution in [0, 0.1) is 11.3 Å². The summed E-state index contributed by atoms with van der Waals surface area (Å²) in [5, 5.41) is 3.52. The van der Waals surface area contributed by atoms with Crippen LogP contribution in [0.25, 0.3) is 0 Å². The standard InChI is InChI=1S/C13H27NO3S/c1-11-8-12(10-13(2,3)9-11)14-6-4-5-7-18(15,16)17/h11-12,14H,4-10H2,1-3H3,(H,15,16,17). The van der Waals surface area contributed by atoms with Gasteiger partial charge in [-0.15, -0.1) is 0 Å². The van der Waals surface area contributed by atoms with Gasteiger partial charge in [-0.25, -0.2) is 0 Å². The quantitative estimate of drug-likeness (QED) is 0.578. The van der Waals surface area contributed by atoms with Crippen molar-refractivity contribution in [1.29, 1.82) is 0 Å². The minimum absolute atomic E-state index is 0.124. The van der Waals surface area contributed by atoms with Gasteiger partial charge >= 0.3 is 0 Å². The van der Waals surface area contributed by atoms with Crippen LogP contribution >= 0.6 is 0 Å². The molecule has 18 heavy (non-hydrogen) atoms. The Morgan fingerprint density at radius 1 is 1.28 bits per heavy atom. The molecule has 5 heteroatoms. The molecule has 1 fully saturated rings. The van der Waals surface area contributed by atoms with Crippen molar-refractivity contribution < 1.29 is 13.0 Å². The lowest BCUT2D eigenvalue weighted by molar-refractivity contribution is 0.151. The maximum Gasteiger partial charge on any atom is 0.264 e. The Bertz CT molecular complexity index is 351. The molecule has 4 nitrogen and oxygen atoms in total. The van der Waals surface area contributed by atoms with Gasteiger partial charge in [0.1, 0.15) is 0 Å². The van der Waals surface area contributed by atoms with Gasteiger partial charge in [0.2, 0.25) is 0 Å². The molecule has 0 aliphatic heterocycles. The number of hydrogen-bond donors (Lipinski definition) is 2. The summed E-state index contributed by atoms with van der Waals surface area (Å²) in [6.45, 7) is 7.77. The van der Waals surface area contributed by atoms with E-state index in [-0.39, 0.29) is 5.75 Å². The smallest absolute Gasteiger partial charge is 0.264 e. The number of rotatable bonds is 6. The van der Waals surface area contributed by atoms with Crippen molar-refractivity contribution in [3.05, 3.63) is 0 Å². The van der Waals surface area contributed by atoms with Crippen LogP contribution in [0.5, 0.6) is 0 Å². The summed E-state index contributed by atoms with van der Waals surface area (Å²) in [5.74, 6) is 0.630. The Balaban J connectivity index is 2.19. The van der Waals surface area contributed by atoms with Crippen LogP contribution in [0.1, 0.15) is 52.9 Å². The van der Waals surface area contributed by atoms with E-state index in [9.17, 15) is 8.42 Å². The third-order valence-corrected chi connectivity index (χ3v) is 4.45. The Hall–Kier alpha value is -0.130. The van der Waals surface area contributed by atoms with E-state index < -0.39 is 10.1 Å². The van der Waals surface area contributed by atoms with E-state index in [4.69, 9.17) is 4.55 Å². The highest BCUT2D eigenvalue weighted by Crippen LogP contribution is 2.38. The van der Waals surface area contributed by atoms with Crippen LogP contribution in [0.2, 0.25) is 0 Å². The van der Waals surface area contributed by atoms with Crippen molar-refractivity contribution >= 4 is 10.1 Å². The molecule has 1 saturated carbocycles. The van der Waals surface area contributed by atoms with Crippen molar-refractivity contribution in [2.45, 2.75) is 58.9 Å². The molecule has 0 aromatic carbocycles. The zero-order chi connectivity index (χ0) is 13.8. The molecular weight excluding hydrogens is 250 g/mol. The molecule has 108 valence electrons. The first-order chi connectivity index (χ1) is 8.18. The zero-order valence-corrected chi connectivity index (χ0v) is 12.6. The van der Waals surface area contributed by atoms with Gasteiger partial charge in [-0.05, 0) is 50.0 Å². The van der Waals surface area contributed by atoms with E-state index >= 15 is 0 Å². The van der Waals surface area contributed by atoms with Crippen LogP contribution in [0.3, 0.4) is 0 Å². The van der Waals surface area contributed by atoms with Crippen molar-refractivity contribution in [3.8, 4) is 0 Å². The largest absolute Gasteiger partial charge is 0.314 e. The third kappa shape index (κ3) is 6.71.